The fourth-order valence-corrected chi connectivity index (χ4v) is 5.20. The summed E-state index contributed by atoms with van der Waals surface area (Å²) in [6, 6.07) is 4.73. The van der Waals surface area contributed by atoms with Crippen LogP contribution in [-0.4, -0.2) is 67.6 Å². The molecule has 0 spiro atoms. The first kappa shape index (κ1) is 19.5. The summed E-state index contributed by atoms with van der Waals surface area (Å²) in [7, 11) is -2.53. The number of fused-ring (bicyclic) bond motifs is 1. The molecule has 24 heavy (non-hydrogen) atoms. The predicted molar refractivity (Wildman–Crippen MR) is 89.1 cm³/mol. The maximum atomic E-state index is 11.2. The number of hydrogen-bond donors (Lipinski definition) is 1. The van der Waals surface area contributed by atoms with Crippen LogP contribution in [0.5, 0.6) is 0 Å². The van der Waals surface area contributed by atoms with E-state index in [4.69, 9.17) is 18.8 Å². The van der Waals surface area contributed by atoms with Crippen LogP contribution in [0.15, 0.2) is 23.1 Å². The molecule has 2 aromatic rings. The summed E-state index contributed by atoms with van der Waals surface area (Å²) in [6.07, 6.45) is 0. The van der Waals surface area contributed by atoms with Crippen LogP contribution >= 0.6 is 0 Å². The third kappa shape index (κ3) is 5.35. The molecule has 0 fully saturated rings. The first-order chi connectivity index (χ1) is 11.4. The van der Waals surface area contributed by atoms with Gasteiger partial charge in [-0.25, -0.2) is 0 Å². The molecule has 0 bridgehead atoms. The molecule has 0 aliphatic rings. The van der Waals surface area contributed by atoms with Crippen molar-refractivity contribution in [1.82, 2.24) is 0 Å². The molecular weight excluding hydrogens is 401 g/mol. The Kier molecular flexibility index (Phi) is 7.36. The van der Waals surface area contributed by atoms with Crippen molar-refractivity contribution < 1.29 is 31.7 Å². The summed E-state index contributed by atoms with van der Waals surface area (Å²) in [5, 5.41) is 0. The minimum atomic E-state index is -4.16. The van der Waals surface area contributed by atoms with Crippen LogP contribution in [0.25, 0.3) is 9.78 Å². The first-order valence-electron chi connectivity index (χ1n) is 7.48. The van der Waals surface area contributed by atoms with Crippen LogP contribution in [0.4, 0.5) is 0 Å². The molecular formula is C15H22NO6SSe+. The van der Waals surface area contributed by atoms with Gasteiger partial charge >= 0.3 is 147 Å². The second-order valence-electron chi connectivity index (χ2n) is 5.09. The van der Waals surface area contributed by atoms with Crippen LogP contribution < -0.4 is 4.57 Å². The second kappa shape index (κ2) is 9.05. The van der Waals surface area contributed by atoms with Crippen LogP contribution in [-0.2, 0) is 30.9 Å². The van der Waals surface area contributed by atoms with E-state index in [9.17, 15) is 8.42 Å². The number of methoxy groups -OCH3 is 1. The van der Waals surface area contributed by atoms with E-state index in [1.165, 1.54) is 10.6 Å². The molecule has 2 rings (SSSR count). The summed E-state index contributed by atoms with van der Waals surface area (Å²) >= 11 is 0.0549. The van der Waals surface area contributed by atoms with E-state index < -0.39 is 10.1 Å². The Morgan fingerprint density at radius 1 is 1.12 bits per heavy atom. The van der Waals surface area contributed by atoms with Crippen molar-refractivity contribution in [2.24, 2.45) is 0 Å². The molecule has 0 amide bonds. The van der Waals surface area contributed by atoms with Gasteiger partial charge in [0, 0.05) is 0 Å². The zero-order valence-electron chi connectivity index (χ0n) is 13.7. The van der Waals surface area contributed by atoms with E-state index in [0.29, 0.717) is 39.6 Å². The average Bonchev–Trinajstić information content (AvgIpc) is 2.84. The van der Waals surface area contributed by atoms with E-state index in [-0.39, 0.29) is 19.4 Å². The zero-order valence-corrected chi connectivity index (χ0v) is 16.3. The van der Waals surface area contributed by atoms with Crippen molar-refractivity contribution in [3.63, 3.8) is 0 Å². The van der Waals surface area contributed by atoms with E-state index >= 15 is 0 Å². The summed E-state index contributed by atoms with van der Waals surface area (Å²) in [4.78, 5) is -0.0535. The van der Waals surface area contributed by atoms with Crippen molar-refractivity contribution in [1.29, 1.82) is 0 Å². The monoisotopic (exact) mass is 424 g/mol. The molecule has 0 aliphatic carbocycles. The second-order valence-corrected chi connectivity index (χ2v) is 9.11. The van der Waals surface area contributed by atoms with Gasteiger partial charge in [-0.05, 0) is 0 Å². The Bertz CT molecular complexity index is 774. The molecule has 1 N–H and O–H groups in total. The van der Waals surface area contributed by atoms with Crippen LogP contribution in [0.3, 0.4) is 0 Å². The zero-order chi connectivity index (χ0) is 17.6. The Hall–Kier alpha value is -0.801. The number of aryl methyl sites for hydroxylation is 1. The molecule has 0 aliphatic heterocycles. The number of nitrogens with zero attached hydrogens (tertiary/aromatic N) is 1. The third-order valence-corrected chi connectivity index (χ3v) is 6.50. The van der Waals surface area contributed by atoms with Crippen molar-refractivity contribution >= 4 is 34.4 Å². The molecule has 7 nitrogen and oxygen atoms in total. The van der Waals surface area contributed by atoms with Crippen molar-refractivity contribution in [2.75, 3.05) is 40.1 Å². The van der Waals surface area contributed by atoms with E-state index in [1.54, 1.807) is 19.2 Å². The number of ether oxygens (including phenoxy) is 3. The van der Waals surface area contributed by atoms with Crippen LogP contribution in [0.1, 0.15) is 4.57 Å². The predicted octanol–water partition coefficient (Wildman–Crippen LogP) is 0.419. The van der Waals surface area contributed by atoms with Gasteiger partial charge in [-0.2, -0.15) is 0 Å². The summed E-state index contributed by atoms with van der Waals surface area (Å²) < 4.78 is 51.7. The topological polar surface area (TPSA) is 85.9 Å². The Morgan fingerprint density at radius 2 is 1.79 bits per heavy atom. The van der Waals surface area contributed by atoms with Crippen molar-refractivity contribution in [3.8, 4) is 0 Å². The van der Waals surface area contributed by atoms with E-state index in [2.05, 4.69) is 4.57 Å². The molecule has 0 atom stereocenters. The average molecular weight is 423 g/mol. The molecule has 0 radical (unpaired) electrons. The Morgan fingerprint density at radius 3 is 2.46 bits per heavy atom. The van der Waals surface area contributed by atoms with Crippen molar-refractivity contribution in [3.05, 3.63) is 22.8 Å². The molecule has 1 aromatic carbocycles. The maximum absolute atomic E-state index is 11.2. The SMILES string of the molecule is COCCOCCOCC[n+]1c(C)[se]c2cc(S(=O)(=O)O)ccc21. The van der Waals surface area contributed by atoms with Gasteiger partial charge in [0.05, 0.1) is 0 Å². The normalized spacial score (nSPS) is 12.1. The van der Waals surface area contributed by atoms with Crippen molar-refractivity contribution in [2.45, 2.75) is 18.4 Å². The summed E-state index contributed by atoms with van der Waals surface area (Å²) in [5.74, 6) is 0. The third-order valence-electron chi connectivity index (χ3n) is 3.42. The molecule has 0 unspecified atom stereocenters. The molecule has 134 valence electrons. The fourth-order valence-electron chi connectivity index (χ4n) is 2.24. The van der Waals surface area contributed by atoms with Gasteiger partial charge in [0.25, 0.3) is 0 Å². The first-order valence-corrected chi connectivity index (χ1v) is 10.6. The van der Waals surface area contributed by atoms with Gasteiger partial charge in [-0.3, -0.25) is 0 Å². The van der Waals surface area contributed by atoms with Gasteiger partial charge < -0.3 is 0 Å². The standard InChI is InChI=1S/C15H21NO6SSe/c1-12-16(5-6-21-9-10-22-8-7-20-2)14-4-3-13(23(17,18)19)11-15(14)24-12/h3-4,11H,5-10H2,1-2H3/p+1. The van der Waals surface area contributed by atoms with Gasteiger partial charge in [0.2, 0.25) is 0 Å². The number of aromatic nitrogens is 1. The molecule has 9 heteroatoms. The summed E-state index contributed by atoms with van der Waals surface area (Å²) in [5.41, 5.74) is 0.986. The fraction of sp³-hybridized carbons (Fsp3) is 0.533. The minimum absolute atomic E-state index is 0.0535. The molecule has 1 aromatic heterocycles. The Labute approximate surface area is 147 Å². The van der Waals surface area contributed by atoms with Gasteiger partial charge in [0.1, 0.15) is 0 Å². The molecule has 1 heterocycles. The molecule has 0 saturated carbocycles. The number of benzene rings is 1. The summed E-state index contributed by atoms with van der Waals surface area (Å²) in [6.45, 7) is 5.48. The quantitative estimate of drug-likeness (QED) is 0.258. The Balaban J connectivity index is 1.91. The number of hydrogen-bond acceptors (Lipinski definition) is 5. The van der Waals surface area contributed by atoms with Crippen LogP contribution in [0.2, 0.25) is 0 Å². The van der Waals surface area contributed by atoms with Gasteiger partial charge in [-0.15, -0.1) is 0 Å². The molecule has 0 saturated heterocycles. The van der Waals surface area contributed by atoms with E-state index in [0.717, 1.165) is 9.78 Å². The van der Waals surface area contributed by atoms with E-state index in [1.807, 2.05) is 6.92 Å². The van der Waals surface area contributed by atoms with Crippen LogP contribution in [0, 0.1) is 6.92 Å². The van der Waals surface area contributed by atoms with Gasteiger partial charge in [-0.1, -0.05) is 0 Å². The number of rotatable bonds is 10. The van der Waals surface area contributed by atoms with Gasteiger partial charge in [0.15, 0.2) is 0 Å².